The fourth-order valence-corrected chi connectivity index (χ4v) is 6.39. The Morgan fingerprint density at radius 2 is 1.77 bits per heavy atom. The molecule has 1 fully saturated rings. The van der Waals surface area contributed by atoms with Crippen molar-refractivity contribution in [3.8, 4) is 17.1 Å². The van der Waals surface area contributed by atoms with E-state index in [1.807, 2.05) is 36.4 Å². The zero-order chi connectivity index (χ0) is 29.7. The first-order chi connectivity index (χ1) is 20.9. The number of hydrogen-bond acceptors (Lipinski definition) is 5. The number of rotatable bonds is 6. The number of aromatic amines is 1. The fourth-order valence-electron chi connectivity index (χ4n) is 6.39. The highest BCUT2D eigenvalue weighted by Crippen LogP contribution is 2.39. The molecule has 8 nitrogen and oxygen atoms in total. The van der Waals surface area contributed by atoms with Gasteiger partial charge < -0.3 is 25.3 Å². The van der Waals surface area contributed by atoms with E-state index in [0.29, 0.717) is 28.1 Å². The number of fused-ring (bicyclic) bond motifs is 4. The number of nitrogens with zero attached hydrogens (tertiary/aromatic N) is 2. The smallest absolute Gasteiger partial charge is 0.302 e. The molecule has 1 aliphatic carbocycles. The lowest BCUT2D eigenvalue weighted by atomic mass is 9.92. The molecule has 7 rings (SSSR count). The third-order valence-electron chi connectivity index (χ3n) is 8.29. The molecule has 0 bridgehead atoms. The summed E-state index contributed by atoms with van der Waals surface area (Å²) in [5, 5.41) is 5.61. The number of aromatic nitrogens is 3. The Bertz CT molecular complexity index is 2040. The predicted octanol–water partition coefficient (Wildman–Crippen LogP) is 6.85. The molecule has 2 aromatic heterocycles. The first-order valence-corrected chi connectivity index (χ1v) is 14.4. The SMILES string of the molecule is CC(=O)OC1CCC(Nc2cc(-n3c4ccccc4c4c(-c5nc6ccc(F)cc6[nH]5)cccc43)ccc2C(N)=O)CC1. The number of para-hydroxylation sites is 1. The summed E-state index contributed by atoms with van der Waals surface area (Å²) in [7, 11) is 0. The number of esters is 1. The minimum Gasteiger partial charge on any atom is -0.463 e. The number of carbonyl (C=O) groups excluding carboxylic acids is 2. The van der Waals surface area contributed by atoms with Gasteiger partial charge in [0, 0.05) is 40.7 Å². The van der Waals surface area contributed by atoms with Gasteiger partial charge in [0.2, 0.25) is 0 Å². The lowest BCUT2D eigenvalue weighted by Gasteiger charge is -2.30. The van der Waals surface area contributed by atoms with Gasteiger partial charge in [-0.3, -0.25) is 9.59 Å². The number of halogens is 1. The summed E-state index contributed by atoms with van der Waals surface area (Å²) in [4.78, 5) is 31.9. The van der Waals surface area contributed by atoms with E-state index in [-0.39, 0.29) is 23.9 Å². The van der Waals surface area contributed by atoms with Gasteiger partial charge in [-0.05, 0) is 74.2 Å². The van der Waals surface area contributed by atoms with Gasteiger partial charge in [0.15, 0.2) is 0 Å². The Balaban J connectivity index is 1.33. The molecular formula is C34H30FN5O3. The van der Waals surface area contributed by atoms with Gasteiger partial charge in [0.1, 0.15) is 17.7 Å². The molecule has 0 spiro atoms. The number of primary amides is 1. The molecule has 216 valence electrons. The van der Waals surface area contributed by atoms with Crippen LogP contribution in [0.1, 0.15) is 43.0 Å². The van der Waals surface area contributed by atoms with Crippen molar-refractivity contribution in [3.63, 3.8) is 0 Å². The molecular weight excluding hydrogens is 545 g/mol. The highest BCUT2D eigenvalue weighted by atomic mass is 19.1. The summed E-state index contributed by atoms with van der Waals surface area (Å²) in [6.45, 7) is 1.43. The zero-order valence-corrected chi connectivity index (χ0v) is 23.6. The molecule has 43 heavy (non-hydrogen) atoms. The normalized spacial score (nSPS) is 17.0. The highest BCUT2D eigenvalue weighted by Gasteiger charge is 2.25. The van der Waals surface area contributed by atoms with Gasteiger partial charge in [-0.1, -0.05) is 30.3 Å². The van der Waals surface area contributed by atoms with Gasteiger partial charge in [0.25, 0.3) is 5.91 Å². The molecule has 0 aliphatic heterocycles. The van der Waals surface area contributed by atoms with Crippen LogP contribution in [0.4, 0.5) is 10.1 Å². The van der Waals surface area contributed by atoms with E-state index >= 15 is 0 Å². The lowest BCUT2D eigenvalue weighted by Crippen LogP contribution is -2.31. The van der Waals surface area contributed by atoms with E-state index in [9.17, 15) is 14.0 Å². The van der Waals surface area contributed by atoms with Gasteiger partial charge in [0.05, 0.1) is 27.6 Å². The number of nitrogens with one attached hydrogen (secondary N) is 2. The Morgan fingerprint density at radius 3 is 2.56 bits per heavy atom. The van der Waals surface area contributed by atoms with Crippen LogP contribution in [0.15, 0.2) is 78.9 Å². The molecule has 2 heterocycles. The second-order valence-electron chi connectivity index (χ2n) is 11.1. The quantitative estimate of drug-likeness (QED) is 0.188. The van der Waals surface area contributed by atoms with Crippen LogP contribution >= 0.6 is 0 Å². The van der Waals surface area contributed by atoms with Crippen LogP contribution in [0.2, 0.25) is 0 Å². The summed E-state index contributed by atoms with van der Waals surface area (Å²) in [5.41, 5.74) is 11.9. The number of imidazole rings is 1. The summed E-state index contributed by atoms with van der Waals surface area (Å²) in [5.74, 6) is -0.430. The second kappa shape index (κ2) is 10.6. The van der Waals surface area contributed by atoms with E-state index in [4.69, 9.17) is 15.5 Å². The van der Waals surface area contributed by atoms with Crippen molar-refractivity contribution in [1.82, 2.24) is 14.5 Å². The van der Waals surface area contributed by atoms with Crippen molar-refractivity contribution in [3.05, 3.63) is 90.2 Å². The average Bonchev–Trinajstić information content (AvgIpc) is 3.56. The summed E-state index contributed by atoms with van der Waals surface area (Å²) < 4.78 is 21.5. The van der Waals surface area contributed by atoms with E-state index in [2.05, 4.69) is 33.1 Å². The first kappa shape index (κ1) is 26.7. The van der Waals surface area contributed by atoms with Crippen molar-refractivity contribution in [2.24, 2.45) is 5.73 Å². The summed E-state index contributed by atoms with van der Waals surface area (Å²) >= 11 is 0. The molecule has 6 aromatic rings. The van der Waals surface area contributed by atoms with Crippen LogP contribution in [-0.2, 0) is 9.53 Å². The van der Waals surface area contributed by atoms with Crippen LogP contribution in [0, 0.1) is 5.82 Å². The van der Waals surface area contributed by atoms with Gasteiger partial charge in [-0.2, -0.15) is 0 Å². The Hall–Kier alpha value is -5.18. The Morgan fingerprint density at radius 1 is 0.977 bits per heavy atom. The largest absolute Gasteiger partial charge is 0.463 e. The van der Waals surface area contributed by atoms with Crippen LogP contribution in [0.5, 0.6) is 0 Å². The number of anilines is 1. The fraction of sp³-hybridized carbons (Fsp3) is 0.206. The maximum absolute atomic E-state index is 13.9. The summed E-state index contributed by atoms with van der Waals surface area (Å²) in [6, 6.07) is 24.5. The maximum atomic E-state index is 13.9. The Labute approximate surface area is 246 Å². The first-order valence-electron chi connectivity index (χ1n) is 14.4. The van der Waals surface area contributed by atoms with Gasteiger partial charge in [-0.15, -0.1) is 0 Å². The number of benzene rings is 4. The van der Waals surface area contributed by atoms with Gasteiger partial charge in [-0.25, -0.2) is 9.37 Å². The zero-order valence-electron chi connectivity index (χ0n) is 23.6. The van der Waals surface area contributed by atoms with Crippen molar-refractivity contribution >= 4 is 50.4 Å². The molecule has 4 aromatic carbocycles. The van der Waals surface area contributed by atoms with Gasteiger partial charge >= 0.3 is 5.97 Å². The van der Waals surface area contributed by atoms with E-state index < -0.39 is 5.91 Å². The summed E-state index contributed by atoms with van der Waals surface area (Å²) in [6.07, 6.45) is 3.05. The molecule has 0 unspecified atom stereocenters. The monoisotopic (exact) mass is 575 g/mol. The number of H-pyrrole nitrogens is 1. The van der Waals surface area contributed by atoms with Crippen LogP contribution in [-0.4, -0.2) is 38.6 Å². The van der Waals surface area contributed by atoms with Crippen LogP contribution < -0.4 is 11.1 Å². The number of ether oxygens (including phenoxy) is 1. The topological polar surface area (TPSA) is 115 Å². The van der Waals surface area contributed by atoms with E-state index in [1.165, 1.54) is 19.1 Å². The number of carbonyl (C=O) groups is 2. The van der Waals surface area contributed by atoms with Crippen LogP contribution in [0.25, 0.3) is 49.9 Å². The molecule has 4 N–H and O–H groups in total. The average molecular weight is 576 g/mol. The minimum atomic E-state index is -0.506. The third-order valence-corrected chi connectivity index (χ3v) is 8.29. The number of amides is 1. The van der Waals surface area contributed by atoms with E-state index in [1.54, 1.807) is 12.1 Å². The molecule has 9 heteroatoms. The predicted molar refractivity (Wildman–Crippen MR) is 166 cm³/mol. The van der Waals surface area contributed by atoms with Crippen molar-refractivity contribution in [2.75, 3.05) is 5.32 Å². The molecule has 0 saturated heterocycles. The molecule has 1 aliphatic rings. The maximum Gasteiger partial charge on any atom is 0.302 e. The Kier molecular flexibility index (Phi) is 6.57. The molecule has 1 saturated carbocycles. The lowest BCUT2D eigenvalue weighted by molar-refractivity contribution is -0.147. The standard InChI is InChI=1S/C34H30FN5O3/c1-19(41)43-23-13-10-21(11-14-23)37-28-18-22(12-15-24(28)33(36)42)40-30-7-3-2-5-25(30)32-26(6-4-8-31(32)40)34-38-27-16-9-20(35)17-29(27)39-34/h2-9,12,15-18,21,23,37H,10-11,13-14H2,1H3,(H2,36,42)(H,38,39). The van der Waals surface area contributed by atoms with Crippen molar-refractivity contribution in [1.29, 1.82) is 0 Å². The van der Waals surface area contributed by atoms with Crippen LogP contribution in [0.3, 0.4) is 0 Å². The number of nitrogens with two attached hydrogens (primary N) is 1. The van der Waals surface area contributed by atoms with E-state index in [0.717, 1.165) is 58.7 Å². The minimum absolute atomic E-state index is 0.0740. The molecule has 0 radical (unpaired) electrons. The third kappa shape index (κ3) is 4.86. The molecule has 1 amide bonds. The molecule has 0 atom stereocenters. The highest BCUT2D eigenvalue weighted by molar-refractivity contribution is 6.15. The number of hydrogen-bond donors (Lipinski definition) is 3. The van der Waals surface area contributed by atoms with Crippen molar-refractivity contribution in [2.45, 2.75) is 44.8 Å². The second-order valence-corrected chi connectivity index (χ2v) is 11.1. The van der Waals surface area contributed by atoms with Crippen molar-refractivity contribution < 1.29 is 18.7 Å².